The van der Waals surface area contributed by atoms with Crippen LogP contribution in [0.15, 0.2) is 96.1 Å². The number of carbonyl (C=O) groups excluding carboxylic acids is 2. The molecule has 0 aromatic heterocycles. The minimum Gasteiger partial charge on any atom is -0.423 e. The van der Waals surface area contributed by atoms with Crippen molar-refractivity contribution in [1.82, 2.24) is 5.43 Å². The molecule has 0 fully saturated rings. The van der Waals surface area contributed by atoms with Gasteiger partial charge < -0.3 is 4.74 Å². The van der Waals surface area contributed by atoms with Gasteiger partial charge in [-0.15, -0.1) is 0 Å². The lowest BCUT2D eigenvalue weighted by Gasteiger charge is -2.07. The molecule has 0 heterocycles. The number of esters is 1. The number of fused-ring (bicyclic) bond motifs is 1. The lowest BCUT2D eigenvalue weighted by atomic mass is 10.0. The maximum atomic E-state index is 12.6. The van der Waals surface area contributed by atoms with E-state index in [1.54, 1.807) is 42.5 Å². The summed E-state index contributed by atoms with van der Waals surface area (Å²) in [5, 5.41) is 5.81. The minimum absolute atomic E-state index is 0.281. The molecule has 4 aromatic rings. The Labute approximate surface area is 180 Å². The summed E-state index contributed by atoms with van der Waals surface area (Å²) in [5.74, 6) is -0.265. The van der Waals surface area contributed by atoms with Crippen molar-refractivity contribution >= 4 is 28.9 Å². The van der Waals surface area contributed by atoms with Crippen molar-refractivity contribution in [3.8, 4) is 5.75 Å². The molecule has 4 aromatic carbocycles. The topological polar surface area (TPSA) is 67.8 Å². The molecule has 0 spiro atoms. The van der Waals surface area contributed by atoms with Gasteiger partial charge in [0.2, 0.25) is 0 Å². The molecule has 0 unspecified atom stereocenters. The summed E-state index contributed by atoms with van der Waals surface area (Å²) < 4.78 is 5.52. The predicted octanol–water partition coefficient (Wildman–Crippen LogP) is 5.13. The Morgan fingerprint density at radius 1 is 0.839 bits per heavy atom. The second kappa shape index (κ2) is 9.05. The van der Waals surface area contributed by atoms with Gasteiger partial charge in [0.1, 0.15) is 5.75 Å². The van der Waals surface area contributed by atoms with Gasteiger partial charge in [-0.3, -0.25) is 4.79 Å². The van der Waals surface area contributed by atoms with Gasteiger partial charge in [0.15, 0.2) is 0 Å². The van der Waals surface area contributed by atoms with E-state index in [-0.39, 0.29) is 5.91 Å². The standard InChI is InChI=1S/C26H20N2O3/c1-18-9-13-21(14-10-18)25(29)28-27-17-19-11-15-22(16-12-19)31-26(30)24-8-4-6-20-5-2-3-7-23(20)24/h2-17H,1H3,(H,28,29). The van der Waals surface area contributed by atoms with Crippen molar-refractivity contribution in [3.05, 3.63) is 113 Å². The molecule has 4 rings (SSSR count). The summed E-state index contributed by atoms with van der Waals surface area (Å²) in [4.78, 5) is 24.7. The maximum Gasteiger partial charge on any atom is 0.344 e. The Hall–Kier alpha value is -4.25. The highest BCUT2D eigenvalue weighted by atomic mass is 16.5. The fourth-order valence-electron chi connectivity index (χ4n) is 3.12. The first-order valence-corrected chi connectivity index (χ1v) is 9.80. The van der Waals surface area contributed by atoms with Crippen molar-refractivity contribution in [2.45, 2.75) is 6.92 Å². The lowest BCUT2D eigenvalue weighted by Crippen LogP contribution is -2.17. The van der Waals surface area contributed by atoms with Gasteiger partial charge in [-0.1, -0.05) is 54.1 Å². The number of ether oxygens (including phenoxy) is 1. The van der Waals surface area contributed by atoms with Gasteiger partial charge in [0, 0.05) is 5.56 Å². The van der Waals surface area contributed by atoms with Crippen LogP contribution in [0.5, 0.6) is 5.75 Å². The Morgan fingerprint density at radius 3 is 2.32 bits per heavy atom. The fourth-order valence-corrected chi connectivity index (χ4v) is 3.12. The Kier molecular flexibility index (Phi) is 5.85. The largest absolute Gasteiger partial charge is 0.423 e. The smallest absolute Gasteiger partial charge is 0.344 e. The molecule has 0 radical (unpaired) electrons. The molecule has 5 nitrogen and oxygen atoms in total. The second-order valence-corrected chi connectivity index (χ2v) is 7.05. The van der Waals surface area contributed by atoms with Crippen LogP contribution in [-0.2, 0) is 0 Å². The highest BCUT2D eigenvalue weighted by molar-refractivity contribution is 6.05. The molecule has 31 heavy (non-hydrogen) atoms. The molecule has 0 saturated carbocycles. The SMILES string of the molecule is Cc1ccc(C(=O)NN=Cc2ccc(OC(=O)c3cccc4ccccc34)cc2)cc1. The monoisotopic (exact) mass is 408 g/mol. The Balaban J connectivity index is 1.39. The van der Waals surface area contributed by atoms with E-state index in [0.717, 1.165) is 21.9 Å². The number of aryl methyl sites for hydroxylation is 1. The zero-order valence-electron chi connectivity index (χ0n) is 16.9. The number of hydrogen-bond donors (Lipinski definition) is 1. The summed E-state index contributed by atoms with van der Waals surface area (Å²) in [7, 11) is 0. The molecule has 1 amide bonds. The molecule has 1 N–H and O–H groups in total. The number of hydrogen-bond acceptors (Lipinski definition) is 4. The first kappa shape index (κ1) is 20.0. The fraction of sp³-hybridized carbons (Fsp3) is 0.0385. The summed E-state index contributed by atoms with van der Waals surface area (Å²) in [6, 6.07) is 27.4. The Morgan fingerprint density at radius 2 is 1.55 bits per heavy atom. The molecule has 0 bridgehead atoms. The molecule has 0 aliphatic rings. The van der Waals surface area contributed by atoms with E-state index >= 15 is 0 Å². The Bertz CT molecular complexity index is 1250. The highest BCUT2D eigenvalue weighted by Gasteiger charge is 2.12. The van der Waals surface area contributed by atoms with E-state index in [4.69, 9.17) is 4.74 Å². The summed E-state index contributed by atoms with van der Waals surface area (Å²) >= 11 is 0. The zero-order valence-corrected chi connectivity index (χ0v) is 16.9. The van der Waals surface area contributed by atoms with Crippen LogP contribution in [0.25, 0.3) is 10.8 Å². The van der Waals surface area contributed by atoms with Crippen molar-refractivity contribution in [2.24, 2.45) is 5.10 Å². The van der Waals surface area contributed by atoms with Gasteiger partial charge in [0.05, 0.1) is 11.8 Å². The van der Waals surface area contributed by atoms with Gasteiger partial charge >= 0.3 is 5.97 Å². The number of rotatable bonds is 5. The van der Waals surface area contributed by atoms with Gasteiger partial charge in [-0.05, 0) is 65.7 Å². The van der Waals surface area contributed by atoms with Crippen molar-refractivity contribution in [2.75, 3.05) is 0 Å². The van der Waals surface area contributed by atoms with Crippen molar-refractivity contribution in [3.63, 3.8) is 0 Å². The third kappa shape index (κ3) is 4.85. The summed E-state index contributed by atoms with van der Waals surface area (Å²) in [6.07, 6.45) is 1.53. The van der Waals surface area contributed by atoms with E-state index in [9.17, 15) is 9.59 Å². The predicted molar refractivity (Wildman–Crippen MR) is 122 cm³/mol. The summed E-state index contributed by atoms with van der Waals surface area (Å²) in [5.41, 5.74) is 5.40. The number of carbonyl (C=O) groups is 2. The second-order valence-electron chi connectivity index (χ2n) is 7.05. The minimum atomic E-state index is -0.413. The van der Waals surface area contributed by atoms with E-state index in [0.29, 0.717) is 16.9 Å². The first-order chi connectivity index (χ1) is 15.1. The van der Waals surface area contributed by atoms with Gasteiger partial charge in [0.25, 0.3) is 5.91 Å². The molecule has 0 saturated heterocycles. The number of nitrogens with one attached hydrogen (secondary N) is 1. The van der Waals surface area contributed by atoms with Crippen LogP contribution in [0.4, 0.5) is 0 Å². The van der Waals surface area contributed by atoms with Gasteiger partial charge in [-0.25, -0.2) is 10.2 Å². The van der Waals surface area contributed by atoms with Crippen LogP contribution < -0.4 is 10.2 Å². The maximum absolute atomic E-state index is 12.6. The molecular formula is C26H20N2O3. The number of hydrazone groups is 1. The van der Waals surface area contributed by atoms with Crippen molar-refractivity contribution < 1.29 is 14.3 Å². The average molecular weight is 408 g/mol. The molecule has 0 atom stereocenters. The number of amides is 1. The molecule has 0 aliphatic heterocycles. The zero-order chi connectivity index (χ0) is 21.6. The molecular weight excluding hydrogens is 388 g/mol. The normalized spacial score (nSPS) is 10.9. The van der Waals surface area contributed by atoms with Crippen LogP contribution >= 0.6 is 0 Å². The highest BCUT2D eigenvalue weighted by Crippen LogP contribution is 2.21. The first-order valence-electron chi connectivity index (χ1n) is 9.80. The molecule has 0 aliphatic carbocycles. The van der Waals surface area contributed by atoms with E-state index < -0.39 is 5.97 Å². The quantitative estimate of drug-likeness (QED) is 0.215. The van der Waals surface area contributed by atoms with Crippen LogP contribution in [0.2, 0.25) is 0 Å². The number of benzene rings is 4. The van der Waals surface area contributed by atoms with Gasteiger partial charge in [-0.2, -0.15) is 5.10 Å². The van der Waals surface area contributed by atoms with Crippen molar-refractivity contribution in [1.29, 1.82) is 0 Å². The molecule has 152 valence electrons. The third-order valence-electron chi connectivity index (χ3n) is 4.79. The average Bonchev–Trinajstić information content (AvgIpc) is 2.80. The van der Waals surface area contributed by atoms with E-state index in [2.05, 4.69) is 10.5 Å². The third-order valence-corrected chi connectivity index (χ3v) is 4.79. The van der Waals surface area contributed by atoms with Crippen LogP contribution in [0.1, 0.15) is 31.8 Å². The van der Waals surface area contributed by atoms with Crippen LogP contribution in [-0.4, -0.2) is 18.1 Å². The molecule has 5 heteroatoms. The van der Waals surface area contributed by atoms with E-state index in [1.165, 1.54) is 6.21 Å². The lowest BCUT2D eigenvalue weighted by molar-refractivity contribution is 0.0736. The van der Waals surface area contributed by atoms with Crippen LogP contribution in [0, 0.1) is 6.92 Å². The number of nitrogens with zero attached hydrogens (tertiary/aromatic N) is 1. The van der Waals surface area contributed by atoms with E-state index in [1.807, 2.05) is 55.5 Å². The van der Waals surface area contributed by atoms with Crippen LogP contribution in [0.3, 0.4) is 0 Å². The summed E-state index contributed by atoms with van der Waals surface area (Å²) in [6.45, 7) is 1.96.